The molecule has 0 radical (unpaired) electrons. The third-order valence-electron chi connectivity index (χ3n) is 7.02. The van der Waals surface area contributed by atoms with E-state index in [2.05, 4.69) is 10.6 Å². The van der Waals surface area contributed by atoms with Crippen molar-refractivity contribution in [2.75, 3.05) is 13.2 Å². The van der Waals surface area contributed by atoms with Gasteiger partial charge in [-0.15, -0.1) is 0 Å². The van der Waals surface area contributed by atoms with Crippen LogP contribution in [0.15, 0.2) is 41.3 Å². The van der Waals surface area contributed by atoms with Crippen LogP contribution in [-0.2, 0) is 0 Å². The van der Waals surface area contributed by atoms with Crippen LogP contribution in [0.1, 0.15) is 54.9 Å². The number of fused-ring (bicyclic) bond motifs is 1. The van der Waals surface area contributed by atoms with Crippen molar-refractivity contribution in [3.63, 3.8) is 0 Å². The molecule has 0 atom stereocenters. The molecule has 2 aliphatic rings. The Morgan fingerprint density at radius 2 is 1.68 bits per heavy atom. The zero-order chi connectivity index (χ0) is 26.1. The SMILES string of the molecule is O=C(NC1CCC(NCCOc2ccc(Cl)c(F)c2)CC1)c1cn(C2CC2)c2cc(Cl)c(F)cc2c1=O. The first-order valence-corrected chi connectivity index (χ1v) is 13.2. The summed E-state index contributed by atoms with van der Waals surface area (Å²) in [6, 6.07) is 7.34. The van der Waals surface area contributed by atoms with Gasteiger partial charge in [0.25, 0.3) is 5.91 Å². The fourth-order valence-corrected chi connectivity index (χ4v) is 5.14. The molecule has 5 rings (SSSR count). The van der Waals surface area contributed by atoms with Crippen molar-refractivity contribution in [2.45, 2.75) is 56.7 Å². The monoisotopic (exact) mass is 549 g/mol. The molecule has 1 amide bonds. The van der Waals surface area contributed by atoms with E-state index in [0.29, 0.717) is 24.4 Å². The molecule has 0 bridgehead atoms. The molecule has 6 nitrogen and oxygen atoms in total. The Morgan fingerprint density at radius 3 is 2.38 bits per heavy atom. The fraction of sp³-hybridized carbons (Fsp3) is 0.407. The largest absolute Gasteiger partial charge is 0.492 e. The molecule has 0 saturated heterocycles. The minimum atomic E-state index is -0.678. The maximum atomic E-state index is 14.1. The molecule has 10 heteroatoms. The number of amides is 1. The number of hydrogen-bond acceptors (Lipinski definition) is 4. The second kappa shape index (κ2) is 11.0. The molecule has 3 aromatic rings. The average Bonchev–Trinajstić information content (AvgIpc) is 3.72. The molecule has 2 aliphatic carbocycles. The van der Waals surface area contributed by atoms with Crippen LogP contribution in [0, 0.1) is 11.6 Å². The van der Waals surface area contributed by atoms with E-state index >= 15 is 0 Å². The zero-order valence-corrected chi connectivity index (χ0v) is 21.5. The first kappa shape index (κ1) is 25.9. The van der Waals surface area contributed by atoms with E-state index in [-0.39, 0.29) is 39.1 Å². The van der Waals surface area contributed by atoms with Crippen LogP contribution in [0.3, 0.4) is 0 Å². The van der Waals surface area contributed by atoms with Crippen molar-refractivity contribution in [3.05, 3.63) is 74.0 Å². The standard InChI is InChI=1S/C27H27Cl2F2N3O3/c28-21-8-7-18(11-23(21)30)37-10-9-32-15-1-3-16(4-2-15)33-27(36)20-14-34(17-5-6-17)25-13-22(29)24(31)12-19(25)26(20)35/h7-8,11-17,32H,1-6,9-10H2,(H,33,36). The number of ether oxygens (including phenoxy) is 1. The van der Waals surface area contributed by atoms with E-state index < -0.39 is 23.0 Å². The maximum absolute atomic E-state index is 14.1. The number of carbonyl (C=O) groups excluding carboxylic acids is 1. The lowest BCUT2D eigenvalue weighted by Crippen LogP contribution is -2.44. The smallest absolute Gasteiger partial charge is 0.256 e. The lowest BCUT2D eigenvalue weighted by molar-refractivity contribution is 0.0922. The van der Waals surface area contributed by atoms with Crippen LogP contribution in [0.4, 0.5) is 8.78 Å². The number of nitrogens with zero attached hydrogens (tertiary/aromatic N) is 1. The number of benzene rings is 2. The summed E-state index contributed by atoms with van der Waals surface area (Å²) < 4.78 is 35.1. The van der Waals surface area contributed by atoms with Crippen LogP contribution in [0.25, 0.3) is 10.9 Å². The molecule has 0 aliphatic heterocycles. The van der Waals surface area contributed by atoms with E-state index in [0.717, 1.165) is 44.6 Å². The van der Waals surface area contributed by atoms with Gasteiger partial charge >= 0.3 is 0 Å². The maximum Gasteiger partial charge on any atom is 0.256 e. The van der Waals surface area contributed by atoms with Gasteiger partial charge in [0.1, 0.15) is 29.6 Å². The molecular formula is C27H27Cl2F2N3O3. The second-order valence-electron chi connectivity index (χ2n) is 9.69. The van der Waals surface area contributed by atoms with Crippen LogP contribution in [0.5, 0.6) is 5.75 Å². The predicted molar refractivity (Wildman–Crippen MR) is 140 cm³/mol. The Balaban J connectivity index is 1.15. The van der Waals surface area contributed by atoms with Gasteiger partial charge in [-0.05, 0) is 62.8 Å². The van der Waals surface area contributed by atoms with Gasteiger partial charge in [0.15, 0.2) is 0 Å². The van der Waals surface area contributed by atoms with Gasteiger partial charge in [-0.25, -0.2) is 8.78 Å². The fourth-order valence-electron chi connectivity index (χ4n) is 4.86. The summed E-state index contributed by atoms with van der Waals surface area (Å²) in [5.74, 6) is -1.20. The van der Waals surface area contributed by atoms with Gasteiger partial charge < -0.3 is 19.9 Å². The Morgan fingerprint density at radius 1 is 0.973 bits per heavy atom. The van der Waals surface area contributed by atoms with Crippen LogP contribution >= 0.6 is 23.2 Å². The summed E-state index contributed by atoms with van der Waals surface area (Å²) in [6.07, 6.45) is 6.70. The summed E-state index contributed by atoms with van der Waals surface area (Å²) in [5, 5.41) is 6.61. The molecular weight excluding hydrogens is 523 g/mol. The highest BCUT2D eigenvalue weighted by Gasteiger charge is 2.29. The summed E-state index contributed by atoms with van der Waals surface area (Å²) in [7, 11) is 0. The Labute approximate surface area is 222 Å². The van der Waals surface area contributed by atoms with E-state index in [1.54, 1.807) is 12.3 Å². The van der Waals surface area contributed by atoms with Crippen molar-refractivity contribution >= 4 is 40.0 Å². The molecule has 196 valence electrons. The summed E-state index contributed by atoms with van der Waals surface area (Å²) >= 11 is 11.6. The number of hydrogen-bond donors (Lipinski definition) is 2. The summed E-state index contributed by atoms with van der Waals surface area (Å²) in [5.41, 5.74) is 0.0836. The molecule has 1 aromatic heterocycles. The van der Waals surface area contributed by atoms with Gasteiger partial charge in [0.2, 0.25) is 5.43 Å². The summed E-state index contributed by atoms with van der Waals surface area (Å²) in [6.45, 7) is 0.989. The topological polar surface area (TPSA) is 72.4 Å². The number of pyridine rings is 1. The number of rotatable bonds is 8. The van der Waals surface area contributed by atoms with Crippen LogP contribution < -0.4 is 20.8 Å². The minimum absolute atomic E-state index is 0.0251. The lowest BCUT2D eigenvalue weighted by Gasteiger charge is -2.30. The van der Waals surface area contributed by atoms with E-state index in [9.17, 15) is 18.4 Å². The van der Waals surface area contributed by atoms with Crippen molar-refractivity contribution in [1.82, 2.24) is 15.2 Å². The van der Waals surface area contributed by atoms with E-state index in [4.69, 9.17) is 27.9 Å². The number of aromatic nitrogens is 1. The normalized spacial score (nSPS) is 19.7. The molecule has 2 saturated carbocycles. The van der Waals surface area contributed by atoms with Crippen molar-refractivity contribution in [3.8, 4) is 5.75 Å². The first-order valence-electron chi connectivity index (χ1n) is 12.5. The highest BCUT2D eigenvalue weighted by atomic mass is 35.5. The Kier molecular flexibility index (Phi) is 7.70. The Hall–Kier alpha value is -2.68. The van der Waals surface area contributed by atoms with E-state index in [1.807, 2.05) is 4.57 Å². The average molecular weight is 550 g/mol. The second-order valence-corrected chi connectivity index (χ2v) is 10.5. The lowest BCUT2D eigenvalue weighted by atomic mass is 9.91. The summed E-state index contributed by atoms with van der Waals surface area (Å²) in [4.78, 5) is 26.2. The third kappa shape index (κ3) is 5.92. The molecule has 1 heterocycles. The molecule has 2 N–H and O–H groups in total. The van der Waals surface area contributed by atoms with Crippen molar-refractivity contribution in [2.24, 2.45) is 0 Å². The zero-order valence-electron chi connectivity index (χ0n) is 20.0. The quantitative estimate of drug-likeness (QED) is 0.357. The van der Waals surface area contributed by atoms with Gasteiger partial charge in [-0.1, -0.05) is 23.2 Å². The molecule has 2 aromatic carbocycles. The van der Waals surface area contributed by atoms with E-state index in [1.165, 1.54) is 18.2 Å². The number of halogens is 4. The van der Waals surface area contributed by atoms with Gasteiger partial charge in [0, 0.05) is 42.3 Å². The Bertz CT molecular complexity index is 1390. The predicted octanol–water partition coefficient (Wildman–Crippen LogP) is 5.63. The molecule has 0 spiro atoms. The molecule has 37 heavy (non-hydrogen) atoms. The minimum Gasteiger partial charge on any atom is -0.492 e. The highest BCUT2D eigenvalue weighted by Crippen LogP contribution is 2.37. The number of nitrogens with one attached hydrogen (secondary N) is 2. The third-order valence-corrected chi connectivity index (χ3v) is 7.61. The van der Waals surface area contributed by atoms with Crippen molar-refractivity contribution < 1.29 is 18.3 Å². The molecule has 0 unspecified atom stereocenters. The molecule has 2 fully saturated rings. The highest BCUT2D eigenvalue weighted by molar-refractivity contribution is 6.31. The number of carbonyl (C=O) groups is 1. The van der Waals surface area contributed by atoms with Gasteiger partial charge in [-0.2, -0.15) is 0 Å². The first-order chi connectivity index (χ1) is 17.8. The van der Waals surface area contributed by atoms with Gasteiger partial charge in [-0.3, -0.25) is 9.59 Å². The van der Waals surface area contributed by atoms with Crippen molar-refractivity contribution in [1.29, 1.82) is 0 Å². The van der Waals surface area contributed by atoms with Gasteiger partial charge in [0.05, 0.1) is 15.6 Å². The van der Waals surface area contributed by atoms with Crippen LogP contribution in [0.2, 0.25) is 10.0 Å². The van der Waals surface area contributed by atoms with Crippen LogP contribution in [-0.4, -0.2) is 35.7 Å².